The summed E-state index contributed by atoms with van der Waals surface area (Å²) in [6.45, 7) is 10.1. The summed E-state index contributed by atoms with van der Waals surface area (Å²) >= 11 is 1.88. The van der Waals surface area contributed by atoms with Gasteiger partial charge in [0.25, 0.3) is 0 Å². The maximum absolute atomic E-state index is 5.33. The molecular formula is C12H26N2OS. The Bertz CT molecular complexity index is 161. The van der Waals surface area contributed by atoms with Crippen LogP contribution in [0, 0.1) is 0 Å². The van der Waals surface area contributed by atoms with Crippen LogP contribution < -0.4 is 0 Å². The number of hydrogen-bond donors (Lipinski definition) is 0. The van der Waals surface area contributed by atoms with Crippen molar-refractivity contribution in [3.05, 3.63) is 0 Å². The van der Waals surface area contributed by atoms with Crippen LogP contribution in [0.15, 0.2) is 0 Å². The van der Waals surface area contributed by atoms with E-state index in [2.05, 4.69) is 22.4 Å². The van der Waals surface area contributed by atoms with Crippen LogP contribution in [0.5, 0.6) is 0 Å². The quantitative estimate of drug-likeness (QED) is 0.481. The van der Waals surface area contributed by atoms with Crippen molar-refractivity contribution in [3.8, 4) is 0 Å². The number of rotatable bonds is 8. The summed E-state index contributed by atoms with van der Waals surface area (Å²) in [5.74, 6) is 0. The molecule has 0 radical (unpaired) electrons. The van der Waals surface area contributed by atoms with Gasteiger partial charge in [-0.05, 0) is 39.0 Å². The lowest BCUT2D eigenvalue weighted by Gasteiger charge is -2.33. The van der Waals surface area contributed by atoms with Gasteiger partial charge < -0.3 is 9.64 Å². The second-order valence-electron chi connectivity index (χ2n) is 4.21. The van der Waals surface area contributed by atoms with Crippen molar-refractivity contribution < 1.29 is 4.74 Å². The molecule has 0 amide bonds. The van der Waals surface area contributed by atoms with Gasteiger partial charge in [-0.3, -0.25) is 0 Å². The predicted octanol–water partition coefficient (Wildman–Crippen LogP) is 2.09. The summed E-state index contributed by atoms with van der Waals surface area (Å²) in [6.07, 6.45) is 6.02. The molecule has 4 heteroatoms. The highest BCUT2D eigenvalue weighted by Gasteiger charge is 2.14. The average molecular weight is 246 g/mol. The fraction of sp³-hybridized carbons (Fsp3) is 1.00. The van der Waals surface area contributed by atoms with E-state index in [1.807, 2.05) is 11.9 Å². The highest BCUT2D eigenvalue weighted by Crippen LogP contribution is 2.10. The predicted molar refractivity (Wildman–Crippen MR) is 71.9 cm³/mol. The third-order valence-electron chi connectivity index (χ3n) is 3.06. The monoisotopic (exact) mass is 246 g/mol. The topological polar surface area (TPSA) is 15.7 Å². The first-order valence-corrected chi connectivity index (χ1v) is 7.64. The zero-order valence-corrected chi connectivity index (χ0v) is 11.6. The largest absolute Gasteiger partial charge is 0.382 e. The van der Waals surface area contributed by atoms with E-state index in [0.717, 1.165) is 13.2 Å². The maximum atomic E-state index is 5.33. The Hall–Kier alpha value is 0.230. The van der Waals surface area contributed by atoms with Crippen molar-refractivity contribution in [2.24, 2.45) is 0 Å². The molecule has 0 aromatic heterocycles. The lowest BCUT2D eigenvalue weighted by molar-refractivity contribution is 0.140. The van der Waals surface area contributed by atoms with Crippen LogP contribution in [0.1, 0.15) is 26.2 Å². The molecule has 0 spiro atoms. The van der Waals surface area contributed by atoms with Crippen molar-refractivity contribution >= 4 is 11.9 Å². The zero-order valence-electron chi connectivity index (χ0n) is 10.8. The SMILES string of the molecule is CCOCCCCCN1CCN(SC)CC1. The van der Waals surface area contributed by atoms with Crippen LogP contribution in [0.3, 0.4) is 0 Å². The third kappa shape index (κ3) is 6.09. The Morgan fingerprint density at radius 1 is 1.06 bits per heavy atom. The molecule has 0 unspecified atom stereocenters. The molecule has 0 aromatic rings. The lowest BCUT2D eigenvalue weighted by Crippen LogP contribution is -2.43. The molecule has 1 saturated heterocycles. The second-order valence-corrected chi connectivity index (χ2v) is 5.09. The van der Waals surface area contributed by atoms with Crippen LogP contribution in [-0.4, -0.2) is 61.4 Å². The minimum Gasteiger partial charge on any atom is -0.382 e. The van der Waals surface area contributed by atoms with E-state index in [-0.39, 0.29) is 0 Å². The average Bonchev–Trinajstić information content (AvgIpc) is 2.34. The summed E-state index contributed by atoms with van der Waals surface area (Å²) < 4.78 is 7.78. The molecule has 0 atom stereocenters. The van der Waals surface area contributed by atoms with Gasteiger partial charge in [-0.15, -0.1) is 0 Å². The first-order valence-electron chi connectivity index (χ1n) is 6.46. The Kier molecular flexibility index (Phi) is 8.29. The highest BCUT2D eigenvalue weighted by atomic mass is 32.2. The van der Waals surface area contributed by atoms with Crippen LogP contribution in [-0.2, 0) is 4.74 Å². The van der Waals surface area contributed by atoms with Gasteiger partial charge in [0.05, 0.1) is 0 Å². The van der Waals surface area contributed by atoms with Gasteiger partial charge in [-0.1, -0.05) is 11.9 Å². The number of unbranched alkanes of at least 4 members (excludes halogenated alkanes) is 2. The normalized spacial score (nSPS) is 19.1. The zero-order chi connectivity index (χ0) is 11.6. The summed E-state index contributed by atoms with van der Waals surface area (Å²) in [5.41, 5.74) is 0. The van der Waals surface area contributed by atoms with E-state index >= 15 is 0 Å². The molecule has 0 N–H and O–H groups in total. The second kappa shape index (κ2) is 9.28. The minimum absolute atomic E-state index is 0.858. The fourth-order valence-corrected chi connectivity index (χ4v) is 2.52. The molecule has 0 saturated carbocycles. The van der Waals surface area contributed by atoms with E-state index in [4.69, 9.17) is 4.74 Å². The Morgan fingerprint density at radius 2 is 1.81 bits per heavy atom. The Labute approximate surface area is 105 Å². The molecule has 1 heterocycles. The first-order chi connectivity index (χ1) is 7.86. The van der Waals surface area contributed by atoms with Crippen LogP contribution in [0.2, 0.25) is 0 Å². The summed E-state index contributed by atoms with van der Waals surface area (Å²) in [4.78, 5) is 2.59. The van der Waals surface area contributed by atoms with Crippen molar-refractivity contribution in [2.75, 3.05) is 52.2 Å². The van der Waals surface area contributed by atoms with E-state index < -0.39 is 0 Å². The molecule has 0 aromatic carbocycles. The molecule has 1 fully saturated rings. The molecule has 1 rings (SSSR count). The van der Waals surface area contributed by atoms with Gasteiger partial charge in [0.2, 0.25) is 0 Å². The molecular weight excluding hydrogens is 220 g/mol. The maximum Gasteiger partial charge on any atom is 0.0465 e. The van der Waals surface area contributed by atoms with E-state index in [9.17, 15) is 0 Å². The van der Waals surface area contributed by atoms with E-state index in [0.29, 0.717) is 0 Å². The highest BCUT2D eigenvalue weighted by molar-refractivity contribution is 7.96. The Balaban J connectivity index is 1.90. The van der Waals surface area contributed by atoms with E-state index in [1.165, 1.54) is 52.0 Å². The van der Waals surface area contributed by atoms with Crippen LogP contribution in [0.25, 0.3) is 0 Å². The van der Waals surface area contributed by atoms with Crippen molar-refractivity contribution in [2.45, 2.75) is 26.2 Å². The standard InChI is InChI=1S/C12H26N2OS/c1-3-15-12-6-4-5-7-13-8-10-14(16-2)11-9-13/h3-12H2,1-2H3. The van der Waals surface area contributed by atoms with Crippen LogP contribution >= 0.6 is 11.9 Å². The minimum atomic E-state index is 0.858. The van der Waals surface area contributed by atoms with Crippen molar-refractivity contribution in [1.82, 2.24) is 9.21 Å². The molecule has 96 valence electrons. The smallest absolute Gasteiger partial charge is 0.0465 e. The van der Waals surface area contributed by atoms with Gasteiger partial charge >= 0.3 is 0 Å². The molecule has 3 nitrogen and oxygen atoms in total. The molecule has 1 aliphatic heterocycles. The first kappa shape index (κ1) is 14.3. The summed E-state index contributed by atoms with van der Waals surface area (Å²) in [6, 6.07) is 0. The third-order valence-corrected chi connectivity index (χ3v) is 3.94. The van der Waals surface area contributed by atoms with Gasteiger partial charge in [0, 0.05) is 39.4 Å². The molecule has 16 heavy (non-hydrogen) atoms. The van der Waals surface area contributed by atoms with Gasteiger partial charge in [0.15, 0.2) is 0 Å². The summed E-state index contributed by atoms with van der Waals surface area (Å²) in [7, 11) is 0. The number of hydrogen-bond acceptors (Lipinski definition) is 4. The van der Waals surface area contributed by atoms with Crippen molar-refractivity contribution in [3.63, 3.8) is 0 Å². The van der Waals surface area contributed by atoms with Crippen molar-refractivity contribution in [1.29, 1.82) is 0 Å². The molecule has 0 bridgehead atoms. The number of piperazine rings is 1. The molecule has 0 aliphatic carbocycles. The van der Waals surface area contributed by atoms with Crippen LogP contribution in [0.4, 0.5) is 0 Å². The van der Waals surface area contributed by atoms with Gasteiger partial charge in [0.1, 0.15) is 0 Å². The summed E-state index contributed by atoms with van der Waals surface area (Å²) in [5, 5.41) is 0. The Morgan fingerprint density at radius 3 is 2.44 bits per heavy atom. The molecule has 1 aliphatic rings. The number of nitrogens with zero attached hydrogens (tertiary/aromatic N) is 2. The van der Waals surface area contributed by atoms with Gasteiger partial charge in [-0.25, -0.2) is 4.31 Å². The lowest BCUT2D eigenvalue weighted by atomic mass is 10.2. The fourth-order valence-electron chi connectivity index (χ4n) is 2.00. The number of ether oxygens (including phenoxy) is 1. The van der Waals surface area contributed by atoms with E-state index in [1.54, 1.807) is 0 Å². The van der Waals surface area contributed by atoms with Gasteiger partial charge in [-0.2, -0.15) is 0 Å².